The van der Waals surface area contributed by atoms with Gasteiger partial charge in [0.2, 0.25) is 0 Å². The largest absolute Gasteiger partial charge is 0.492 e. The summed E-state index contributed by atoms with van der Waals surface area (Å²) in [4.78, 5) is 4.81. The molecule has 0 unspecified atom stereocenters. The Balaban J connectivity index is 1.62. The molecule has 2 bridgehead atoms. The summed E-state index contributed by atoms with van der Waals surface area (Å²) < 4.78 is 6.07. The molecule has 2 heterocycles. The van der Waals surface area contributed by atoms with Crippen molar-refractivity contribution in [2.45, 2.75) is 84.2 Å². The van der Waals surface area contributed by atoms with E-state index >= 15 is 0 Å². The van der Waals surface area contributed by atoms with Crippen LogP contribution in [0.25, 0.3) is 0 Å². The van der Waals surface area contributed by atoms with E-state index in [1.807, 2.05) is 0 Å². The number of pyridine rings is 1. The summed E-state index contributed by atoms with van der Waals surface area (Å²) in [7, 11) is 0. The van der Waals surface area contributed by atoms with E-state index in [1.165, 1.54) is 57.8 Å². The number of fused-ring (bicyclic) bond motifs is 2. The molecule has 2 rings (SSSR count). The molecule has 5 nitrogen and oxygen atoms in total. The first-order chi connectivity index (χ1) is 13.9. The van der Waals surface area contributed by atoms with Gasteiger partial charge in [0.1, 0.15) is 5.75 Å². The van der Waals surface area contributed by atoms with Gasteiger partial charge in [-0.1, -0.05) is 64.7 Å². The van der Waals surface area contributed by atoms with Crippen LogP contribution in [0, 0.1) is 0 Å². The van der Waals surface area contributed by atoms with Gasteiger partial charge < -0.3 is 20.7 Å². The van der Waals surface area contributed by atoms with E-state index in [0.717, 1.165) is 69.4 Å². The van der Waals surface area contributed by atoms with E-state index in [9.17, 15) is 0 Å². The number of hydrogen-bond acceptors (Lipinski definition) is 5. The minimum atomic E-state index is 0.767. The maximum Gasteiger partial charge on any atom is 0.142 e. The number of nitrogens with zero attached hydrogens (tertiary/aromatic N) is 1. The van der Waals surface area contributed by atoms with Crippen LogP contribution in [0.4, 0.5) is 0 Å². The summed E-state index contributed by atoms with van der Waals surface area (Å²) >= 11 is 0. The van der Waals surface area contributed by atoms with Gasteiger partial charge in [-0.25, -0.2) is 0 Å². The lowest BCUT2D eigenvalue weighted by Crippen LogP contribution is -2.33. The standard InChI is InChI=1S/C23H42N4O/c1-2-3-4-5-6-7-8-9-10-11-18-28-23-13-12-21-19-25-16-14-24-15-17-26-20-22(23)27-21/h12-13,24-26H,2-11,14-20H2,1H3. The van der Waals surface area contributed by atoms with E-state index < -0.39 is 0 Å². The SMILES string of the molecule is CCCCCCCCCCCCOc1ccc2nc1CNCCNCCNC2. The van der Waals surface area contributed by atoms with Crippen LogP contribution in [0.2, 0.25) is 0 Å². The molecule has 1 aromatic rings. The molecule has 0 spiro atoms. The number of hydrogen-bond donors (Lipinski definition) is 3. The summed E-state index contributed by atoms with van der Waals surface area (Å²) in [6.07, 6.45) is 13.5. The van der Waals surface area contributed by atoms with E-state index in [1.54, 1.807) is 0 Å². The van der Waals surface area contributed by atoms with E-state index in [4.69, 9.17) is 9.72 Å². The molecule has 1 aliphatic rings. The summed E-state index contributed by atoms with van der Waals surface area (Å²) in [5.41, 5.74) is 2.12. The van der Waals surface area contributed by atoms with Crippen molar-refractivity contribution in [2.24, 2.45) is 0 Å². The second-order valence-electron chi connectivity index (χ2n) is 7.88. The topological polar surface area (TPSA) is 58.2 Å². The van der Waals surface area contributed by atoms with E-state index in [0.29, 0.717) is 0 Å². The Kier molecular flexibility index (Phi) is 13.0. The molecule has 160 valence electrons. The normalized spacial score (nSPS) is 15.6. The molecule has 1 aliphatic heterocycles. The van der Waals surface area contributed by atoms with Crippen LogP contribution in [0.1, 0.15) is 82.5 Å². The van der Waals surface area contributed by atoms with Gasteiger partial charge in [0.05, 0.1) is 18.0 Å². The smallest absolute Gasteiger partial charge is 0.142 e. The molecule has 0 atom stereocenters. The number of unbranched alkanes of at least 4 members (excludes halogenated alkanes) is 9. The Labute approximate surface area is 172 Å². The molecule has 0 aliphatic carbocycles. The Bertz CT molecular complexity index is 509. The van der Waals surface area contributed by atoms with Crippen molar-refractivity contribution in [1.82, 2.24) is 20.9 Å². The second kappa shape index (κ2) is 15.7. The Hall–Kier alpha value is -1.17. The average molecular weight is 391 g/mol. The van der Waals surface area contributed by atoms with Crippen molar-refractivity contribution in [2.75, 3.05) is 32.8 Å². The van der Waals surface area contributed by atoms with Gasteiger partial charge >= 0.3 is 0 Å². The van der Waals surface area contributed by atoms with Crippen LogP contribution < -0.4 is 20.7 Å². The molecule has 0 saturated heterocycles. The van der Waals surface area contributed by atoms with Gasteiger partial charge in [-0.05, 0) is 18.6 Å². The summed E-state index contributed by atoms with van der Waals surface area (Å²) in [6.45, 7) is 8.55. The Morgan fingerprint density at radius 3 is 2.07 bits per heavy atom. The minimum absolute atomic E-state index is 0.767. The van der Waals surface area contributed by atoms with Crippen molar-refractivity contribution in [1.29, 1.82) is 0 Å². The van der Waals surface area contributed by atoms with Gasteiger partial charge in [-0.15, -0.1) is 0 Å². The lowest BCUT2D eigenvalue weighted by atomic mass is 10.1. The van der Waals surface area contributed by atoms with Crippen LogP contribution in [0.5, 0.6) is 5.75 Å². The lowest BCUT2D eigenvalue weighted by Gasteiger charge is -2.15. The van der Waals surface area contributed by atoms with Gasteiger partial charge in [-0.2, -0.15) is 0 Å². The number of aromatic nitrogens is 1. The minimum Gasteiger partial charge on any atom is -0.492 e. The first-order valence-electron chi connectivity index (χ1n) is 11.6. The van der Waals surface area contributed by atoms with Crippen LogP contribution in [0.15, 0.2) is 12.1 Å². The van der Waals surface area contributed by atoms with Crippen molar-refractivity contribution in [3.63, 3.8) is 0 Å². The monoisotopic (exact) mass is 390 g/mol. The molecule has 5 heteroatoms. The molecular weight excluding hydrogens is 348 g/mol. The number of rotatable bonds is 12. The molecule has 0 aromatic carbocycles. The third-order valence-corrected chi connectivity index (χ3v) is 5.30. The zero-order chi connectivity index (χ0) is 19.7. The zero-order valence-electron chi connectivity index (χ0n) is 18.0. The molecule has 0 saturated carbocycles. The highest BCUT2D eigenvalue weighted by molar-refractivity contribution is 5.29. The van der Waals surface area contributed by atoms with Gasteiger partial charge in [-0.3, -0.25) is 4.98 Å². The Morgan fingerprint density at radius 2 is 1.36 bits per heavy atom. The van der Waals surface area contributed by atoms with Crippen LogP contribution in [-0.2, 0) is 13.1 Å². The number of ether oxygens (including phenoxy) is 1. The van der Waals surface area contributed by atoms with Crippen molar-refractivity contribution in [3.8, 4) is 5.75 Å². The lowest BCUT2D eigenvalue weighted by molar-refractivity contribution is 0.298. The first-order valence-corrected chi connectivity index (χ1v) is 11.6. The van der Waals surface area contributed by atoms with Crippen molar-refractivity contribution in [3.05, 3.63) is 23.5 Å². The summed E-state index contributed by atoms with van der Waals surface area (Å²) in [6, 6.07) is 4.19. The fourth-order valence-electron chi connectivity index (χ4n) is 3.56. The maximum absolute atomic E-state index is 6.07. The highest BCUT2D eigenvalue weighted by atomic mass is 16.5. The van der Waals surface area contributed by atoms with Crippen molar-refractivity contribution >= 4 is 0 Å². The average Bonchev–Trinajstić information content (AvgIpc) is 2.70. The van der Waals surface area contributed by atoms with E-state index in [-0.39, 0.29) is 0 Å². The molecule has 3 N–H and O–H groups in total. The van der Waals surface area contributed by atoms with Crippen LogP contribution >= 0.6 is 0 Å². The fraction of sp³-hybridized carbons (Fsp3) is 0.783. The molecule has 0 fully saturated rings. The number of nitrogens with one attached hydrogen (secondary N) is 3. The molecule has 28 heavy (non-hydrogen) atoms. The Morgan fingerprint density at radius 1 is 0.750 bits per heavy atom. The molecular formula is C23H42N4O. The third kappa shape index (κ3) is 10.4. The first kappa shape index (κ1) is 23.1. The predicted octanol–water partition coefficient (Wildman–Crippen LogP) is 4.16. The fourth-order valence-corrected chi connectivity index (χ4v) is 3.56. The maximum atomic E-state index is 6.07. The van der Waals surface area contributed by atoms with Gasteiger partial charge in [0.15, 0.2) is 0 Å². The zero-order valence-corrected chi connectivity index (χ0v) is 18.0. The van der Waals surface area contributed by atoms with Crippen LogP contribution in [0.3, 0.4) is 0 Å². The summed E-state index contributed by atoms with van der Waals surface area (Å²) in [5, 5.41) is 10.3. The molecule has 1 aromatic heterocycles. The quantitative estimate of drug-likeness (QED) is 0.468. The third-order valence-electron chi connectivity index (χ3n) is 5.30. The highest BCUT2D eigenvalue weighted by Gasteiger charge is 2.08. The molecule has 0 radical (unpaired) electrons. The second-order valence-corrected chi connectivity index (χ2v) is 7.88. The van der Waals surface area contributed by atoms with Crippen molar-refractivity contribution < 1.29 is 4.74 Å². The summed E-state index contributed by atoms with van der Waals surface area (Å²) in [5.74, 6) is 0.942. The van der Waals surface area contributed by atoms with Gasteiger partial charge in [0, 0.05) is 39.3 Å². The van der Waals surface area contributed by atoms with Gasteiger partial charge in [0.25, 0.3) is 0 Å². The molecule has 0 amide bonds. The predicted molar refractivity (Wildman–Crippen MR) is 118 cm³/mol. The van der Waals surface area contributed by atoms with Crippen LogP contribution in [-0.4, -0.2) is 37.8 Å². The highest BCUT2D eigenvalue weighted by Crippen LogP contribution is 2.18. The van der Waals surface area contributed by atoms with E-state index in [2.05, 4.69) is 35.0 Å².